The van der Waals surface area contributed by atoms with Gasteiger partial charge in [0.2, 0.25) is 0 Å². The van der Waals surface area contributed by atoms with Crippen molar-refractivity contribution in [3.05, 3.63) is 64.1 Å². The molecule has 0 aliphatic rings. The van der Waals surface area contributed by atoms with E-state index in [0.717, 1.165) is 5.69 Å². The molecule has 1 aromatic carbocycles. The summed E-state index contributed by atoms with van der Waals surface area (Å²) in [4.78, 5) is 14.7. The van der Waals surface area contributed by atoms with Gasteiger partial charge < -0.3 is 4.57 Å². The van der Waals surface area contributed by atoms with E-state index in [9.17, 15) is 10.1 Å². The lowest BCUT2D eigenvalue weighted by atomic mass is 10.3. The van der Waals surface area contributed by atoms with Gasteiger partial charge in [-0.05, 0) is 30.3 Å². The zero-order valence-corrected chi connectivity index (χ0v) is 10.4. The van der Waals surface area contributed by atoms with E-state index in [4.69, 9.17) is 11.6 Å². The summed E-state index contributed by atoms with van der Waals surface area (Å²) in [6, 6.07) is 8.73. The predicted octanol–water partition coefficient (Wildman–Crippen LogP) is 3.59. The Kier molecular flexibility index (Phi) is 2.68. The SMILES string of the molecule is O=[N+]([O-])c1cn(-c2ccc(Cl)cc2)c2cnccc12. The van der Waals surface area contributed by atoms with Crippen LogP contribution < -0.4 is 0 Å². The molecular weight excluding hydrogens is 266 g/mol. The second-order valence-electron chi connectivity index (χ2n) is 4.01. The number of aromatic nitrogens is 2. The van der Waals surface area contributed by atoms with Gasteiger partial charge in [0.25, 0.3) is 5.69 Å². The van der Waals surface area contributed by atoms with E-state index < -0.39 is 4.92 Å². The normalized spacial score (nSPS) is 10.8. The molecule has 5 nitrogen and oxygen atoms in total. The number of halogens is 1. The Morgan fingerprint density at radius 3 is 2.63 bits per heavy atom. The zero-order valence-electron chi connectivity index (χ0n) is 9.65. The first-order valence-corrected chi connectivity index (χ1v) is 5.90. The fraction of sp³-hybridized carbons (Fsp3) is 0. The third-order valence-corrected chi connectivity index (χ3v) is 3.14. The number of fused-ring (bicyclic) bond motifs is 1. The summed E-state index contributed by atoms with van der Waals surface area (Å²) in [5, 5.41) is 12.2. The fourth-order valence-electron chi connectivity index (χ4n) is 2.02. The number of nitrogens with zero attached hydrogens (tertiary/aromatic N) is 3. The number of hydrogen-bond acceptors (Lipinski definition) is 3. The molecule has 0 spiro atoms. The first-order chi connectivity index (χ1) is 9.16. The highest BCUT2D eigenvalue weighted by atomic mass is 35.5. The van der Waals surface area contributed by atoms with E-state index in [2.05, 4.69) is 4.98 Å². The molecule has 0 atom stereocenters. The van der Waals surface area contributed by atoms with Crippen molar-refractivity contribution in [1.29, 1.82) is 0 Å². The molecule has 19 heavy (non-hydrogen) atoms. The van der Waals surface area contributed by atoms with Crippen LogP contribution in [0.25, 0.3) is 16.6 Å². The number of pyridine rings is 1. The molecule has 0 fully saturated rings. The monoisotopic (exact) mass is 273 g/mol. The average Bonchev–Trinajstić information content (AvgIpc) is 2.79. The third-order valence-electron chi connectivity index (χ3n) is 2.89. The standard InChI is InChI=1S/C13H8ClN3O2/c14-9-1-3-10(4-2-9)16-8-13(17(18)19)11-5-6-15-7-12(11)16/h1-8H. The molecule has 94 valence electrons. The second-order valence-corrected chi connectivity index (χ2v) is 4.45. The van der Waals surface area contributed by atoms with Gasteiger partial charge in [-0.25, -0.2) is 0 Å². The summed E-state index contributed by atoms with van der Waals surface area (Å²) in [5.41, 5.74) is 1.55. The minimum atomic E-state index is -0.394. The van der Waals surface area contributed by atoms with E-state index in [0.29, 0.717) is 15.9 Å². The number of hydrogen-bond donors (Lipinski definition) is 0. The van der Waals surface area contributed by atoms with Gasteiger partial charge in [0.05, 0.1) is 28.2 Å². The minimum absolute atomic E-state index is 0.0624. The van der Waals surface area contributed by atoms with Crippen molar-refractivity contribution in [2.75, 3.05) is 0 Å². The average molecular weight is 274 g/mol. The molecule has 0 unspecified atom stereocenters. The Labute approximate surface area is 113 Å². The molecule has 0 N–H and O–H groups in total. The summed E-state index contributed by atoms with van der Waals surface area (Å²) < 4.78 is 1.73. The summed E-state index contributed by atoms with van der Waals surface area (Å²) in [5.74, 6) is 0. The Bertz CT molecular complexity index is 765. The third kappa shape index (κ3) is 1.94. The van der Waals surface area contributed by atoms with Crippen molar-refractivity contribution in [2.24, 2.45) is 0 Å². The molecule has 2 heterocycles. The predicted molar refractivity (Wildman–Crippen MR) is 72.7 cm³/mol. The van der Waals surface area contributed by atoms with Gasteiger partial charge in [-0.2, -0.15) is 0 Å². The Morgan fingerprint density at radius 2 is 1.95 bits per heavy atom. The first-order valence-electron chi connectivity index (χ1n) is 5.52. The van der Waals surface area contributed by atoms with Gasteiger partial charge >= 0.3 is 0 Å². The van der Waals surface area contributed by atoms with E-state index >= 15 is 0 Å². The van der Waals surface area contributed by atoms with Crippen molar-refractivity contribution < 1.29 is 4.92 Å². The van der Waals surface area contributed by atoms with Gasteiger partial charge in [0, 0.05) is 16.9 Å². The lowest BCUT2D eigenvalue weighted by Crippen LogP contribution is -1.91. The Hall–Kier alpha value is -2.40. The number of benzene rings is 1. The lowest BCUT2D eigenvalue weighted by molar-refractivity contribution is -0.383. The topological polar surface area (TPSA) is 61.0 Å². The van der Waals surface area contributed by atoms with Gasteiger partial charge in [-0.3, -0.25) is 15.1 Å². The minimum Gasteiger partial charge on any atom is -0.308 e. The molecule has 0 aliphatic carbocycles. The Balaban J connectivity index is 2.29. The summed E-state index contributed by atoms with van der Waals surface area (Å²) in [6.07, 6.45) is 4.65. The van der Waals surface area contributed by atoms with Crippen LogP contribution in [-0.4, -0.2) is 14.5 Å². The van der Waals surface area contributed by atoms with Crippen molar-refractivity contribution in [3.8, 4) is 5.69 Å². The number of nitro groups is 1. The molecule has 0 bridgehead atoms. The van der Waals surface area contributed by atoms with Crippen LogP contribution >= 0.6 is 11.6 Å². The van der Waals surface area contributed by atoms with Crippen LogP contribution in [0.1, 0.15) is 0 Å². The molecule has 0 amide bonds. The summed E-state index contributed by atoms with van der Waals surface area (Å²) >= 11 is 5.84. The van der Waals surface area contributed by atoms with Crippen molar-refractivity contribution in [2.45, 2.75) is 0 Å². The largest absolute Gasteiger partial charge is 0.308 e. The summed E-state index contributed by atoms with van der Waals surface area (Å²) in [6.45, 7) is 0. The molecule has 0 saturated heterocycles. The highest BCUT2D eigenvalue weighted by molar-refractivity contribution is 6.30. The molecule has 0 saturated carbocycles. The molecule has 0 radical (unpaired) electrons. The van der Waals surface area contributed by atoms with Gasteiger partial charge in [-0.1, -0.05) is 11.6 Å². The van der Waals surface area contributed by atoms with E-state index in [-0.39, 0.29) is 5.69 Å². The van der Waals surface area contributed by atoms with Crippen LogP contribution in [0.4, 0.5) is 5.69 Å². The molecule has 3 aromatic rings. The summed E-state index contributed by atoms with van der Waals surface area (Å²) in [7, 11) is 0. The smallest absolute Gasteiger partial charge is 0.295 e. The first kappa shape index (κ1) is 11.7. The van der Waals surface area contributed by atoms with Crippen molar-refractivity contribution in [3.63, 3.8) is 0 Å². The maximum Gasteiger partial charge on any atom is 0.295 e. The van der Waals surface area contributed by atoms with Gasteiger partial charge in [-0.15, -0.1) is 0 Å². The van der Waals surface area contributed by atoms with Crippen LogP contribution in [0, 0.1) is 10.1 Å². The van der Waals surface area contributed by atoms with Crippen LogP contribution in [0.2, 0.25) is 5.02 Å². The van der Waals surface area contributed by atoms with E-state index in [1.165, 1.54) is 6.20 Å². The lowest BCUT2D eigenvalue weighted by Gasteiger charge is -2.03. The van der Waals surface area contributed by atoms with Crippen LogP contribution in [-0.2, 0) is 0 Å². The molecule has 6 heteroatoms. The molecular formula is C13H8ClN3O2. The van der Waals surface area contributed by atoms with E-state index in [1.54, 1.807) is 47.3 Å². The van der Waals surface area contributed by atoms with E-state index in [1.807, 2.05) is 0 Å². The number of rotatable bonds is 2. The van der Waals surface area contributed by atoms with Crippen molar-refractivity contribution >= 4 is 28.2 Å². The Morgan fingerprint density at radius 1 is 1.21 bits per heavy atom. The van der Waals surface area contributed by atoms with Crippen LogP contribution in [0.15, 0.2) is 48.9 Å². The quantitative estimate of drug-likeness (QED) is 0.529. The van der Waals surface area contributed by atoms with Crippen LogP contribution in [0.5, 0.6) is 0 Å². The molecule has 3 rings (SSSR count). The maximum atomic E-state index is 11.1. The molecule has 2 aromatic heterocycles. The fourth-order valence-corrected chi connectivity index (χ4v) is 2.14. The van der Waals surface area contributed by atoms with Crippen LogP contribution in [0.3, 0.4) is 0 Å². The highest BCUT2D eigenvalue weighted by Gasteiger charge is 2.17. The van der Waals surface area contributed by atoms with Gasteiger partial charge in [0.1, 0.15) is 0 Å². The molecule has 0 aliphatic heterocycles. The maximum absolute atomic E-state index is 11.1. The second kappa shape index (κ2) is 4.37. The zero-order chi connectivity index (χ0) is 13.4. The van der Waals surface area contributed by atoms with Crippen molar-refractivity contribution in [1.82, 2.24) is 9.55 Å². The highest BCUT2D eigenvalue weighted by Crippen LogP contribution is 2.29. The van der Waals surface area contributed by atoms with Gasteiger partial charge in [0.15, 0.2) is 0 Å².